The van der Waals surface area contributed by atoms with E-state index in [2.05, 4.69) is 20.7 Å². The molecule has 0 aliphatic carbocycles. The molecule has 0 rings (SSSR count). The van der Waals surface area contributed by atoms with Crippen LogP contribution in [0.2, 0.25) is 0 Å². The van der Waals surface area contributed by atoms with E-state index in [-0.39, 0.29) is 5.97 Å². The van der Waals surface area contributed by atoms with Crippen LogP contribution >= 0.6 is 15.9 Å². The van der Waals surface area contributed by atoms with Gasteiger partial charge >= 0.3 is 5.97 Å². The van der Waals surface area contributed by atoms with Crippen LogP contribution in [0.3, 0.4) is 0 Å². The van der Waals surface area contributed by atoms with Gasteiger partial charge in [-0.15, -0.1) is 0 Å². The lowest BCUT2D eigenvalue weighted by Crippen LogP contribution is -1.99. The Hall–Kier alpha value is -0.310. The van der Waals surface area contributed by atoms with Crippen molar-refractivity contribution in [3.63, 3.8) is 0 Å². The highest BCUT2D eigenvalue weighted by atomic mass is 79.9. The molecule has 2 nitrogen and oxygen atoms in total. The van der Waals surface area contributed by atoms with E-state index in [1.54, 1.807) is 6.92 Å². The van der Waals surface area contributed by atoms with Crippen LogP contribution in [0.5, 0.6) is 0 Å². The van der Waals surface area contributed by atoms with Gasteiger partial charge in [-0.2, -0.15) is 0 Å². The summed E-state index contributed by atoms with van der Waals surface area (Å²) in [6.07, 6.45) is 2.27. The van der Waals surface area contributed by atoms with E-state index in [1.807, 2.05) is 6.92 Å². The summed E-state index contributed by atoms with van der Waals surface area (Å²) >= 11 is 3.21. The highest BCUT2D eigenvalue weighted by molar-refractivity contribution is 9.11. The number of halogens is 1. The second-order valence-electron chi connectivity index (χ2n) is 1.70. The van der Waals surface area contributed by atoms with E-state index in [0.717, 1.165) is 10.9 Å². The van der Waals surface area contributed by atoms with Gasteiger partial charge in [-0.3, -0.25) is 0 Å². The van der Waals surface area contributed by atoms with Crippen molar-refractivity contribution < 1.29 is 9.53 Å². The number of carbonyl (C=O) groups excluding carboxylic acids is 1. The predicted molar refractivity (Wildman–Crippen MR) is 43.9 cm³/mol. The minimum absolute atomic E-state index is 0.281. The molecule has 10 heavy (non-hydrogen) atoms. The van der Waals surface area contributed by atoms with E-state index < -0.39 is 0 Å². The van der Waals surface area contributed by atoms with Crippen LogP contribution in [-0.2, 0) is 9.53 Å². The Morgan fingerprint density at radius 1 is 1.60 bits per heavy atom. The minimum Gasteiger partial charge on any atom is -0.463 e. The average Bonchev–Trinajstić information content (AvgIpc) is 1.88. The van der Waals surface area contributed by atoms with Gasteiger partial charge in [-0.1, -0.05) is 22.9 Å². The third-order valence-electron chi connectivity index (χ3n) is 0.899. The smallest absolute Gasteiger partial charge is 0.331 e. The van der Waals surface area contributed by atoms with Crippen molar-refractivity contribution in [2.24, 2.45) is 0 Å². The summed E-state index contributed by atoms with van der Waals surface area (Å²) in [6, 6.07) is 0. The van der Waals surface area contributed by atoms with Crippen molar-refractivity contribution in [3.05, 3.63) is 10.6 Å². The fourth-order valence-electron chi connectivity index (χ4n) is 0.414. The molecular formula is C7H11BrO2. The van der Waals surface area contributed by atoms with Crippen LogP contribution in [-0.4, -0.2) is 12.6 Å². The molecule has 58 valence electrons. The molecule has 0 bridgehead atoms. The lowest BCUT2D eigenvalue weighted by Gasteiger charge is -1.95. The van der Waals surface area contributed by atoms with Crippen molar-refractivity contribution in [2.75, 3.05) is 6.61 Å². The molecule has 0 radical (unpaired) electrons. The Morgan fingerprint density at radius 2 is 2.20 bits per heavy atom. The van der Waals surface area contributed by atoms with Crippen molar-refractivity contribution in [1.29, 1.82) is 0 Å². The SMILES string of the molecule is CCOC(=O)/C=C(\Br)CC. The molecule has 0 spiro atoms. The number of allylic oxidation sites excluding steroid dienone is 1. The first kappa shape index (κ1) is 9.69. The molecule has 0 aromatic carbocycles. The molecule has 0 amide bonds. The molecule has 3 heteroatoms. The third kappa shape index (κ3) is 4.56. The number of hydrogen-bond acceptors (Lipinski definition) is 2. The van der Waals surface area contributed by atoms with E-state index in [9.17, 15) is 4.79 Å². The first-order chi connectivity index (χ1) is 4.70. The summed E-state index contributed by atoms with van der Waals surface area (Å²) in [5, 5.41) is 0. The van der Waals surface area contributed by atoms with Gasteiger partial charge in [-0.05, 0) is 13.3 Å². The van der Waals surface area contributed by atoms with Crippen LogP contribution < -0.4 is 0 Å². The van der Waals surface area contributed by atoms with Crippen LogP contribution in [0.15, 0.2) is 10.6 Å². The van der Waals surface area contributed by atoms with E-state index in [4.69, 9.17) is 0 Å². The molecule has 0 aliphatic rings. The van der Waals surface area contributed by atoms with Crippen LogP contribution in [0.1, 0.15) is 20.3 Å². The molecular weight excluding hydrogens is 196 g/mol. The second kappa shape index (κ2) is 5.47. The summed E-state index contributed by atoms with van der Waals surface area (Å²) in [5.74, 6) is -0.281. The number of rotatable bonds is 3. The molecule has 0 aromatic heterocycles. The minimum atomic E-state index is -0.281. The van der Waals surface area contributed by atoms with Crippen molar-refractivity contribution in [2.45, 2.75) is 20.3 Å². The Balaban J connectivity index is 3.75. The lowest BCUT2D eigenvalue weighted by molar-refractivity contribution is -0.137. The van der Waals surface area contributed by atoms with E-state index in [0.29, 0.717) is 6.61 Å². The quantitative estimate of drug-likeness (QED) is 0.524. The molecule has 0 saturated carbocycles. The largest absolute Gasteiger partial charge is 0.463 e. The molecule has 0 N–H and O–H groups in total. The molecule has 0 aromatic rings. The zero-order chi connectivity index (χ0) is 7.98. The molecule has 0 atom stereocenters. The van der Waals surface area contributed by atoms with Crippen molar-refractivity contribution in [1.82, 2.24) is 0 Å². The van der Waals surface area contributed by atoms with Crippen LogP contribution in [0.25, 0.3) is 0 Å². The topological polar surface area (TPSA) is 26.3 Å². The molecule has 0 saturated heterocycles. The Morgan fingerprint density at radius 3 is 2.60 bits per heavy atom. The fraction of sp³-hybridized carbons (Fsp3) is 0.571. The zero-order valence-electron chi connectivity index (χ0n) is 6.19. The maximum atomic E-state index is 10.7. The number of ether oxygens (including phenoxy) is 1. The van der Waals surface area contributed by atoms with Crippen molar-refractivity contribution in [3.8, 4) is 0 Å². The van der Waals surface area contributed by atoms with Gasteiger partial charge in [-0.25, -0.2) is 4.79 Å². The third-order valence-corrected chi connectivity index (χ3v) is 1.69. The summed E-state index contributed by atoms with van der Waals surface area (Å²) in [6.45, 7) is 4.17. The van der Waals surface area contributed by atoms with Crippen molar-refractivity contribution >= 4 is 21.9 Å². The maximum Gasteiger partial charge on any atom is 0.331 e. The average molecular weight is 207 g/mol. The zero-order valence-corrected chi connectivity index (χ0v) is 7.77. The maximum absolute atomic E-state index is 10.7. The van der Waals surface area contributed by atoms with Gasteiger partial charge in [0.1, 0.15) is 0 Å². The van der Waals surface area contributed by atoms with E-state index in [1.165, 1.54) is 6.08 Å². The number of carbonyl (C=O) groups is 1. The standard InChI is InChI=1S/C7H11BrO2/c1-3-6(8)5-7(9)10-4-2/h5H,3-4H2,1-2H3/b6-5-. The molecule has 0 fully saturated rings. The lowest BCUT2D eigenvalue weighted by atomic mass is 10.4. The normalized spacial score (nSPS) is 11.3. The van der Waals surface area contributed by atoms with Gasteiger partial charge in [0.2, 0.25) is 0 Å². The van der Waals surface area contributed by atoms with Gasteiger partial charge in [0.15, 0.2) is 0 Å². The van der Waals surface area contributed by atoms with E-state index >= 15 is 0 Å². The molecule has 0 aliphatic heterocycles. The number of esters is 1. The van der Waals surface area contributed by atoms with Gasteiger partial charge in [0.25, 0.3) is 0 Å². The monoisotopic (exact) mass is 206 g/mol. The van der Waals surface area contributed by atoms with Crippen LogP contribution in [0.4, 0.5) is 0 Å². The summed E-state index contributed by atoms with van der Waals surface area (Å²) in [4.78, 5) is 10.7. The molecule has 0 heterocycles. The van der Waals surface area contributed by atoms with Gasteiger partial charge in [0, 0.05) is 10.6 Å². The van der Waals surface area contributed by atoms with Gasteiger partial charge in [0.05, 0.1) is 6.61 Å². The Labute approximate surface area is 69.4 Å². The van der Waals surface area contributed by atoms with Gasteiger partial charge < -0.3 is 4.74 Å². The summed E-state index contributed by atoms with van der Waals surface area (Å²) in [5.41, 5.74) is 0. The fourth-order valence-corrected chi connectivity index (χ4v) is 0.601. The highest BCUT2D eigenvalue weighted by Crippen LogP contribution is 2.08. The van der Waals surface area contributed by atoms with Crippen LogP contribution in [0, 0.1) is 0 Å². The predicted octanol–water partition coefficient (Wildman–Crippen LogP) is 2.24. The first-order valence-electron chi connectivity index (χ1n) is 3.23. The summed E-state index contributed by atoms with van der Waals surface area (Å²) in [7, 11) is 0. The Kier molecular flexibility index (Phi) is 5.30. The molecule has 0 unspecified atom stereocenters. The number of hydrogen-bond donors (Lipinski definition) is 0. The summed E-state index contributed by atoms with van der Waals surface area (Å²) < 4.78 is 5.54. The Bertz CT molecular complexity index is 141. The highest BCUT2D eigenvalue weighted by Gasteiger charge is 1.95. The second-order valence-corrected chi connectivity index (χ2v) is 2.72. The first-order valence-corrected chi connectivity index (χ1v) is 4.02.